The first-order valence-electron chi connectivity index (χ1n) is 9.99. The van der Waals surface area contributed by atoms with Crippen LogP contribution >= 0.6 is 11.3 Å². The number of thiophene rings is 1. The number of amides is 1. The van der Waals surface area contributed by atoms with Gasteiger partial charge in [-0.15, -0.1) is 11.3 Å². The fraction of sp³-hybridized carbons (Fsp3) is 0.217. The van der Waals surface area contributed by atoms with Crippen LogP contribution in [0.2, 0.25) is 0 Å². The molecule has 0 saturated heterocycles. The lowest BCUT2D eigenvalue weighted by Crippen LogP contribution is -2.30. The fourth-order valence-electron chi connectivity index (χ4n) is 2.98. The van der Waals surface area contributed by atoms with Gasteiger partial charge >= 0.3 is 5.97 Å². The predicted octanol–water partition coefficient (Wildman–Crippen LogP) is 4.91. The van der Waals surface area contributed by atoms with Gasteiger partial charge in [0, 0.05) is 29.1 Å². The molecule has 3 aromatic rings. The molecular formula is C23H22N2O7S. The van der Waals surface area contributed by atoms with Crippen LogP contribution in [0.1, 0.15) is 24.2 Å². The summed E-state index contributed by atoms with van der Waals surface area (Å²) in [6.07, 6.45) is -0.864. The Morgan fingerprint density at radius 1 is 1.15 bits per heavy atom. The first kappa shape index (κ1) is 23.7. The quantitative estimate of drug-likeness (QED) is 0.268. The lowest BCUT2D eigenvalue weighted by molar-refractivity contribution is -0.384. The number of carbonyl (C=O) groups is 2. The summed E-state index contributed by atoms with van der Waals surface area (Å²) in [4.78, 5) is 35.9. The molecule has 1 aromatic heterocycles. The van der Waals surface area contributed by atoms with Crippen molar-refractivity contribution >= 4 is 33.9 Å². The van der Waals surface area contributed by atoms with Crippen LogP contribution in [0.5, 0.6) is 11.5 Å². The van der Waals surface area contributed by atoms with Gasteiger partial charge in [0.2, 0.25) is 0 Å². The Bertz CT molecular complexity index is 1160. The Kier molecular flexibility index (Phi) is 7.62. The zero-order valence-electron chi connectivity index (χ0n) is 18.2. The molecular weight excluding hydrogens is 448 g/mol. The third kappa shape index (κ3) is 5.66. The number of benzene rings is 2. The number of hydrogen-bond acceptors (Lipinski definition) is 8. The molecule has 3 rings (SSSR count). The number of hydrogen-bond donors (Lipinski definition) is 1. The largest absolute Gasteiger partial charge is 0.497 e. The maximum atomic E-state index is 12.8. The molecule has 33 heavy (non-hydrogen) atoms. The molecule has 1 atom stereocenters. The molecule has 0 radical (unpaired) electrons. The summed E-state index contributed by atoms with van der Waals surface area (Å²) in [5, 5.41) is 15.7. The van der Waals surface area contributed by atoms with Crippen molar-refractivity contribution in [2.45, 2.75) is 20.0 Å². The maximum absolute atomic E-state index is 12.8. The highest BCUT2D eigenvalue weighted by Gasteiger charge is 2.25. The van der Waals surface area contributed by atoms with Crippen molar-refractivity contribution in [3.63, 3.8) is 0 Å². The van der Waals surface area contributed by atoms with Crippen molar-refractivity contribution < 1.29 is 28.7 Å². The van der Waals surface area contributed by atoms with E-state index < -0.39 is 22.9 Å². The third-order valence-corrected chi connectivity index (χ3v) is 5.52. The molecule has 1 amide bonds. The Morgan fingerprint density at radius 3 is 2.48 bits per heavy atom. The minimum Gasteiger partial charge on any atom is -0.497 e. The molecule has 0 fully saturated rings. The molecule has 0 saturated carbocycles. The van der Waals surface area contributed by atoms with Crippen LogP contribution in [0, 0.1) is 10.1 Å². The number of nitro benzene ring substituents is 1. The number of non-ortho nitro benzene ring substituents is 1. The number of carbonyl (C=O) groups excluding carboxylic acids is 2. The van der Waals surface area contributed by atoms with Crippen LogP contribution in [0.4, 0.5) is 10.7 Å². The van der Waals surface area contributed by atoms with E-state index in [1.165, 1.54) is 19.2 Å². The van der Waals surface area contributed by atoms with Gasteiger partial charge in [-0.05, 0) is 43.7 Å². The standard InChI is InChI=1S/C23H22N2O7S/c1-4-31-23(27)20-19(15-8-10-16(11-9-15)25(28)29)13-33-22(20)24-21(26)14(2)32-18-7-5-6-17(12-18)30-3/h5-14H,4H2,1-3H3,(H,24,26). The van der Waals surface area contributed by atoms with Gasteiger partial charge in [-0.3, -0.25) is 14.9 Å². The molecule has 0 bridgehead atoms. The van der Waals surface area contributed by atoms with E-state index in [4.69, 9.17) is 14.2 Å². The van der Waals surface area contributed by atoms with Gasteiger partial charge in [0.15, 0.2) is 6.10 Å². The van der Waals surface area contributed by atoms with Crippen LogP contribution in [0.25, 0.3) is 11.1 Å². The summed E-state index contributed by atoms with van der Waals surface area (Å²) in [6, 6.07) is 12.7. The van der Waals surface area contributed by atoms with E-state index in [0.29, 0.717) is 27.6 Å². The van der Waals surface area contributed by atoms with E-state index in [-0.39, 0.29) is 17.9 Å². The molecule has 2 aromatic carbocycles. The van der Waals surface area contributed by atoms with Gasteiger partial charge in [-0.1, -0.05) is 6.07 Å². The highest BCUT2D eigenvalue weighted by atomic mass is 32.1. The van der Waals surface area contributed by atoms with E-state index in [0.717, 1.165) is 11.3 Å². The number of nitrogens with one attached hydrogen (secondary N) is 1. The van der Waals surface area contributed by atoms with Gasteiger partial charge in [0.05, 0.1) is 18.6 Å². The molecule has 0 spiro atoms. The average molecular weight is 471 g/mol. The third-order valence-electron chi connectivity index (χ3n) is 4.62. The number of methoxy groups -OCH3 is 1. The van der Waals surface area contributed by atoms with Crippen molar-refractivity contribution in [1.29, 1.82) is 0 Å². The highest BCUT2D eigenvalue weighted by Crippen LogP contribution is 2.37. The van der Waals surface area contributed by atoms with Gasteiger partial charge in [0.25, 0.3) is 11.6 Å². The highest BCUT2D eigenvalue weighted by molar-refractivity contribution is 7.15. The molecule has 1 unspecified atom stereocenters. The SMILES string of the molecule is CCOC(=O)c1c(-c2ccc([N+](=O)[O-])cc2)csc1NC(=O)C(C)Oc1cccc(OC)c1. The lowest BCUT2D eigenvalue weighted by atomic mass is 10.0. The van der Waals surface area contributed by atoms with Crippen LogP contribution < -0.4 is 14.8 Å². The number of nitrogens with zero attached hydrogens (tertiary/aromatic N) is 1. The molecule has 9 nitrogen and oxygen atoms in total. The van der Waals surface area contributed by atoms with Crippen LogP contribution in [0.3, 0.4) is 0 Å². The summed E-state index contributed by atoms with van der Waals surface area (Å²) in [7, 11) is 1.53. The van der Waals surface area contributed by atoms with E-state index in [9.17, 15) is 19.7 Å². The van der Waals surface area contributed by atoms with Crippen molar-refractivity contribution in [3.8, 4) is 22.6 Å². The van der Waals surface area contributed by atoms with Crippen molar-refractivity contribution in [2.24, 2.45) is 0 Å². The number of nitro groups is 1. The minimum absolute atomic E-state index is 0.0660. The van der Waals surface area contributed by atoms with Crippen LogP contribution in [0.15, 0.2) is 53.9 Å². The second-order valence-electron chi connectivity index (χ2n) is 6.81. The fourth-order valence-corrected chi connectivity index (χ4v) is 3.94. The molecule has 0 aliphatic carbocycles. The summed E-state index contributed by atoms with van der Waals surface area (Å²) < 4.78 is 16.0. The molecule has 1 N–H and O–H groups in total. The Balaban J connectivity index is 1.85. The molecule has 10 heteroatoms. The van der Waals surface area contributed by atoms with Crippen molar-refractivity contribution in [3.05, 3.63) is 69.6 Å². The second kappa shape index (κ2) is 10.6. The lowest BCUT2D eigenvalue weighted by Gasteiger charge is -2.15. The van der Waals surface area contributed by atoms with Gasteiger partial charge in [0.1, 0.15) is 22.1 Å². The molecule has 0 aliphatic rings. The summed E-state index contributed by atoms with van der Waals surface area (Å²) in [5.74, 6) is -0.0136. The summed E-state index contributed by atoms with van der Waals surface area (Å²) in [5.41, 5.74) is 1.20. The maximum Gasteiger partial charge on any atom is 0.341 e. The smallest absolute Gasteiger partial charge is 0.341 e. The van der Waals surface area contributed by atoms with Gasteiger partial charge < -0.3 is 19.5 Å². The Morgan fingerprint density at radius 2 is 1.85 bits per heavy atom. The minimum atomic E-state index is -0.864. The van der Waals surface area contributed by atoms with Gasteiger partial charge in [-0.25, -0.2) is 4.79 Å². The summed E-state index contributed by atoms with van der Waals surface area (Å²) in [6.45, 7) is 3.42. The van der Waals surface area contributed by atoms with Crippen molar-refractivity contribution in [1.82, 2.24) is 0 Å². The molecule has 1 heterocycles. The topological polar surface area (TPSA) is 117 Å². The van der Waals surface area contributed by atoms with Crippen LogP contribution in [-0.2, 0) is 9.53 Å². The predicted molar refractivity (Wildman–Crippen MR) is 124 cm³/mol. The normalized spacial score (nSPS) is 11.4. The van der Waals surface area contributed by atoms with E-state index in [1.807, 2.05) is 0 Å². The van der Waals surface area contributed by atoms with Crippen LogP contribution in [-0.4, -0.2) is 36.6 Å². The van der Waals surface area contributed by atoms with E-state index in [1.54, 1.807) is 55.6 Å². The monoisotopic (exact) mass is 470 g/mol. The zero-order chi connectivity index (χ0) is 24.0. The first-order chi connectivity index (χ1) is 15.8. The van der Waals surface area contributed by atoms with Gasteiger partial charge in [-0.2, -0.15) is 0 Å². The number of ether oxygens (including phenoxy) is 3. The number of anilines is 1. The Hall–Kier alpha value is -3.92. The zero-order valence-corrected chi connectivity index (χ0v) is 19.0. The summed E-state index contributed by atoms with van der Waals surface area (Å²) >= 11 is 1.15. The Labute approximate surface area is 194 Å². The van der Waals surface area contributed by atoms with E-state index >= 15 is 0 Å². The number of esters is 1. The molecule has 172 valence electrons. The first-order valence-corrected chi connectivity index (χ1v) is 10.9. The van der Waals surface area contributed by atoms with Crippen molar-refractivity contribution in [2.75, 3.05) is 19.0 Å². The van der Waals surface area contributed by atoms with E-state index in [2.05, 4.69) is 5.32 Å². The average Bonchev–Trinajstić information content (AvgIpc) is 3.22. The number of rotatable bonds is 9. The second-order valence-corrected chi connectivity index (χ2v) is 7.69. The molecule has 0 aliphatic heterocycles.